The van der Waals surface area contributed by atoms with Crippen molar-refractivity contribution in [3.63, 3.8) is 0 Å². The topological polar surface area (TPSA) is 123 Å². The Morgan fingerprint density at radius 3 is 2.72 bits per heavy atom. The molecule has 0 saturated heterocycles. The molecule has 0 radical (unpaired) electrons. The molecule has 1 fully saturated rings. The van der Waals surface area contributed by atoms with Gasteiger partial charge in [0.25, 0.3) is 11.5 Å². The number of fused-ring (bicyclic) bond motifs is 2. The molecule has 1 aromatic carbocycles. The SMILES string of the molecule is CCC=O.CNc1cc(F)ccc1CNC(=O)c1nc2n(c(=O)c1O)CCOC21CCC1. The molecule has 9 nitrogen and oxygen atoms in total. The zero-order valence-corrected chi connectivity index (χ0v) is 18.1. The van der Waals surface area contributed by atoms with Gasteiger partial charge >= 0.3 is 0 Å². The van der Waals surface area contributed by atoms with Crippen molar-refractivity contribution in [2.45, 2.75) is 51.3 Å². The summed E-state index contributed by atoms with van der Waals surface area (Å²) in [6.45, 7) is 2.56. The van der Waals surface area contributed by atoms with Gasteiger partial charge in [-0.1, -0.05) is 13.0 Å². The van der Waals surface area contributed by atoms with Crippen LogP contribution >= 0.6 is 0 Å². The highest BCUT2D eigenvalue weighted by Crippen LogP contribution is 2.45. The van der Waals surface area contributed by atoms with Crippen LogP contribution in [-0.2, 0) is 28.2 Å². The molecule has 3 N–H and O–H groups in total. The minimum Gasteiger partial charge on any atom is -0.501 e. The largest absolute Gasteiger partial charge is 0.501 e. The van der Waals surface area contributed by atoms with E-state index >= 15 is 0 Å². The first-order valence-electron chi connectivity index (χ1n) is 10.5. The lowest BCUT2D eigenvalue weighted by Crippen LogP contribution is -2.49. The van der Waals surface area contributed by atoms with Crippen molar-refractivity contribution in [1.29, 1.82) is 0 Å². The van der Waals surface area contributed by atoms with Gasteiger partial charge in [-0.3, -0.25) is 14.2 Å². The highest BCUT2D eigenvalue weighted by Gasteiger charge is 2.46. The van der Waals surface area contributed by atoms with Crippen molar-refractivity contribution in [2.24, 2.45) is 0 Å². The summed E-state index contributed by atoms with van der Waals surface area (Å²) in [6, 6.07) is 4.16. The van der Waals surface area contributed by atoms with E-state index in [2.05, 4.69) is 15.6 Å². The number of nitrogens with zero attached hydrogens (tertiary/aromatic N) is 2. The molecule has 2 aliphatic rings. The van der Waals surface area contributed by atoms with Crippen LogP contribution in [0.5, 0.6) is 5.75 Å². The van der Waals surface area contributed by atoms with Crippen LogP contribution in [0.2, 0.25) is 0 Å². The molecular formula is C22H27FN4O5. The highest BCUT2D eigenvalue weighted by molar-refractivity contribution is 5.94. The van der Waals surface area contributed by atoms with Crippen molar-refractivity contribution in [3.05, 3.63) is 51.5 Å². The lowest BCUT2D eigenvalue weighted by molar-refractivity contribution is -0.134. The van der Waals surface area contributed by atoms with Crippen molar-refractivity contribution >= 4 is 17.9 Å². The summed E-state index contributed by atoms with van der Waals surface area (Å²) < 4.78 is 20.6. The molecule has 1 saturated carbocycles. The molecule has 2 aromatic rings. The van der Waals surface area contributed by atoms with Crippen LogP contribution in [0.1, 0.15) is 54.5 Å². The molecule has 32 heavy (non-hydrogen) atoms. The van der Waals surface area contributed by atoms with Gasteiger partial charge in [-0.2, -0.15) is 0 Å². The van der Waals surface area contributed by atoms with Crippen molar-refractivity contribution in [2.75, 3.05) is 19.0 Å². The van der Waals surface area contributed by atoms with E-state index in [1.807, 2.05) is 6.92 Å². The second-order valence-corrected chi connectivity index (χ2v) is 7.59. The number of aldehydes is 1. The fraction of sp³-hybridized carbons (Fsp3) is 0.455. The second-order valence-electron chi connectivity index (χ2n) is 7.59. The first-order valence-corrected chi connectivity index (χ1v) is 10.5. The number of amides is 1. The maximum Gasteiger partial charge on any atom is 0.296 e. The van der Waals surface area contributed by atoms with E-state index in [1.165, 1.54) is 16.7 Å². The number of anilines is 1. The molecular weight excluding hydrogens is 419 g/mol. The molecule has 1 aliphatic carbocycles. The summed E-state index contributed by atoms with van der Waals surface area (Å²) in [4.78, 5) is 38.7. The Kier molecular flexibility index (Phi) is 7.24. The smallest absolute Gasteiger partial charge is 0.296 e. The third-order valence-corrected chi connectivity index (χ3v) is 5.57. The number of aromatic nitrogens is 2. The zero-order chi connectivity index (χ0) is 23.3. The van der Waals surface area contributed by atoms with Crippen molar-refractivity contribution in [3.8, 4) is 5.75 Å². The predicted molar refractivity (Wildman–Crippen MR) is 115 cm³/mol. The van der Waals surface area contributed by atoms with Gasteiger partial charge in [0.2, 0.25) is 5.75 Å². The average Bonchev–Trinajstić information content (AvgIpc) is 2.78. The maximum atomic E-state index is 13.3. The number of rotatable bonds is 5. The van der Waals surface area contributed by atoms with Gasteiger partial charge in [0.1, 0.15) is 23.5 Å². The lowest BCUT2D eigenvalue weighted by Gasteiger charge is -2.44. The Hall–Kier alpha value is -3.27. The van der Waals surface area contributed by atoms with E-state index in [4.69, 9.17) is 4.74 Å². The molecule has 10 heteroatoms. The standard InChI is InChI=1S/C19H21FN4O4.C3H6O/c1-21-13-9-12(20)4-3-11(13)10-22-16(26)14-15(25)17(27)24-7-8-28-19(5-2-6-19)18(24)23-14;1-2-3-4/h3-4,9,21,25H,2,5-8,10H2,1H3,(H,22,26);3H,2H2,1H3. The number of benzene rings is 1. The highest BCUT2D eigenvalue weighted by atomic mass is 19.1. The first-order chi connectivity index (χ1) is 15.4. The molecule has 172 valence electrons. The average molecular weight is 446 g/mol. The zero-order valence-electron chi connectivity index (χ0n) is 18.1. The molecule has 0 unspecified atom stereocenters. The van der Waals surface area contributed by atoms with Gasteiger partial charge in [-0.05, 0) is 37.0 Å². The van der Waals surface area contributed by atoms with Crippen LogP contribution in [0.25, 0.3) is 0 Å². The first kappa shape index (κ1) is 23.4. The van der Waals surface area contributed by atoms with E-state index in [0.29, 0.717) is 36.6 Å². The van der Waals surface area contributed by atoms with Crippen LogP contribution < -0.4 is 16.2 Å². The van der Waals surface area contributed by atoms with Gasteiger partial charge in [0.15, 0.2) is 5.69 Å². The summed E-state index contributed by atoms with van der Waals surface area (Å²) in [5.74, 6) is -1.35. The molecule has 0 atom stereocenters. The van der Waals surface area contributed by atoms with Gasteiger partial charge < -0.3 is 25.3 Å². The fourth-order valence-electron chi connectivity index (χ4n) is 3.72. The molecule has 1 aromatic heterocycles. The Bertz CT molecular complexity index is 1070. The number of carbonyl (C=O) groups is 2. The van der Waals surface area contributed by atoms with Gasteiger partial charge in [0, 0.05) is 25.7 Å². The summed E-state index contributed by atoms with van der Waals surface area (Å²) in [7, 11) is 1.65. The number of hydrogen-bond donors (Lipinski definition) is 3. The molecule has 1 amide bonds. The molecule has 1 aliphatic heterocycles. The molecule has 4 rings (SSSR count). The van der Waals surface area contributed by atoms with Crippen LogP contribution in [0.3, 0.4) is 0 Å². The van der Waals surface area contributed by atoms with Crippen LogP contribution in [0, 0.1) is 5.82 Å². The number of hydrogen-bond acceptors (Lipinski definition) is 7. The summed E-state index contributed by atoms with van der Waals surface area (Å²) >= 11 is 0. The second kappa shape index (κ2) is 9.90. The lowest BCUT2D eigenvalue weighted by atomic mass is 9.78. The minimum absolute atomic E-state index is 0.0798. The minimum atomic E-state index is -0.676. The predicted octanol–water partition coefficient (Wildman–Crippen LogP) is 2.06. The monoisotopic (exact) mass is 446 g/mol. The summed E-state index contributed by atoms with van der Waals surface area (Å²) in [5.41, 5.74) is -0.408. The van der Waals surface area contributed by atoms with Crippen LogP contribution in [0.15, 0.2) is 23.0 Å². The van der Waals surface area contributed by atoms with Crippen LogP contribution in [0.4, 0.5) is 10.1 Å². The summed E-state index contributed by atoms with van der Waals surface area (Å²) in [6.07, 6.45) is 3.93. The molecule has 0 bridgehead atoms. The van der Waals surface area contributed by atoms with E-state index in [9.17, 15) is 23.9 Å². The fourth-order valence-corrected chi connectivity index (χ4v) is 3.72. The van der Waals surface area contributed by atoms with Crippen LogP contribution in [-0.4, -0.2) is 40.5 Å². The Labute approximate surface area is 184 Å². The third-order valence-electron chi connectivity index (χ3n) is 5.57. The van der Waals surface area contributed by atoms with E-state index < -0.39 is 28.6 Å². The Morgan fingerprint density at radius 1 is 1.41 bits per heavy atom. The number of halogens is 1. The molecule has 1 spiro atoms. The van der Waals surface area contributed by atoms with Gasteiger partial charge in [-0.25, -0.2) is 9.37 Å². The Balaban J connectivity index is 0.000000668. The quantitative estimate of drug-likeness (QED) is 0.601. The van der Waals surface area contributed by atoms with Crippen molar-refractivity contribution in [1.82, 2.24) is 14.9 Å². The molecule has 2 heterocycles. The number of nitrogens with one attached hydrogen (secondary N) is 2. The third kappa shape index (κ3) is 4.50. The Morgan fingerprint density at radius 2 is 2.12 bits per heavy atom. The van der Waals surface area contributed by atoms with Gasteiger partial charge in [-0.15, -0.1) is 0 Å². The number of carbonyl (C=O) groups excluding carboxylic acids is 2. The van der Waals surface area contributed by atoms with E-state index in [1.54, 1.807) is 13.1 Å². The van der Waals surface area contributed by atoms with Gasteiger partial charge in [0.05, 0.1) is 13.2 Å². The van der Waals surface area contributed by atoms with E-state index in [0.717, 1.165) is 25.5 Å². The maximum absolute atomic E-state index is 13.3. The number of aromatic hydroxyl groups is 1. The number of ether oxygens (including phenoxy) is 1. The van der Waals surface area contributed by atoms with Crippen molar-refractivity contribution < 1.29 is 23.8 Å². The normalized spacial score (nSPS) is 15.6. The summed E-state index contributed by atoms with van der Waals surface area (Å²) in [5, 5.41) is 15.8. The van der Waals surface area contributed by atoms with E-state index in [-0.39, 0.29) is 12.2 Å².